The fraction of sp³-hybridized carbons (Fsp3) is 0.467. The van der Waals surface area contributed by atoms with E-state index in [4.69, 9.17) is 16.0 Å². The third kappa shape index (κ3) is 2.84. The van der Waals surface area contributed by atoms with Gasteiger partial charge in [-0.25, -0.2) is 0 Å². The van der Waals surface area contributed by atoms with Crippen LogP contribution in [0.1, 0.15) is 31.6 Å². The van der Waals surface area contributed by atoms with Gasteiger partial charge in [0.1, 0.15) is 11.3 Å². The Morgan fingerprint density at radius 2 is 2.06 bits per heavy atom. The van der Waals surface area contributed by atoms with Crippen molar-refractivity contribution in [3.63, 3.8) is 0 Å². The molecule has 92 valence electrons. The maximum absolute atomic E-state index is 6.25. The zero-order valence-corrected chi connectivity index (χ0v) is 11.4. The lowest BCUT2D eigenvalue weighted by Gasteiger charge is -2.11. The summed E-state index contributed by atoms with van der Waals surface area (Å²) in [4.78, 5) is 0. The Labute approximate surface area is 108 Å². The lowest BCUT2D eigenvalue weighted by molar-refractivity contribution is 0.504. The van der Waals surface area contributed by atoms with Crippen molar-refractivity contribution in [2.75, 3.05) is 0 Å². The van der Waals surface area contributed by atoms with Crippen LogP contribution in [0.2, 0.25) is 0 Å². The second kappa shape index (κ2) is 5.14. The van der Waals surface area contributed by atoms with Crippen molar-refractivity contribution in [1.29, 1.82) is 0 Å². The summed E-state index contributed by atoms with van der Waals surface area (Å²) in [5, 5.41) is 1.42. The van der Waals surface area contributed by atoms with Crippen molar-refractivity contribution in [2.24, 2.45) is 5.92 Å². The van der Waals surface area contributed by atoms with E-state index < -0.39 is 0 Å². The fourth-order valence-electron chi connectivity index (χ4n) is 2.00. The summed E-state index contributed by atoms with van der Waals surface area (Å²) in [6.45, 7) is 6.38. The Kier molecular flexibility index (Phi) is 3.78. The van der Waals surface area contributed by atoms with Gasteiger partial charge in [-0.1, -0.05) is 32.0 Å². The average Bonchev–Trinajstić information content (AvgIpc) is 2.70. The van der Waals surface area contributed by atoms with Gasteiger partial charge in [0.05, 0.1) is 0 Å². The highest BCUT2D eigenvalue weighted by Gasteiger charge is 2.12. The monoisotopic (exact) mass is 250 g/mol. The fourth-order valence-corrected chi connectivity index (χ4v) is 2.11. The molecule has 1 heterocycles. The largest absolute Gasteiger partial charge is 0.461 e. The SMILES string of the molecule is Cc1cccc2cc(CCC(Cl)C(C)C)oc12. The van der Waals surface area contributed by atoms with E-state index in [0.29, 0.717) is 5.92 Å². The molecule has 2 rings (SSSR count). The van der Waals surface area contributed by atoms with Gasteiger partial charge in [0, 0.05) is 17.2 Å². The van der Waals surface area contributed by atoms with Crippen molar-refractivity contribution in [3.8, 4) is 0 Å². The zero-order chi connectivity index (χ0) is 12.4. The molecule has 2 heteroatoms. The van der Waals surface area contributed by atoms with Crippen LogP contribution in [0.25, 0.3) is 11.0 Å². The number of benzene rings is 1. The molecule has 0 spiro atoms. The van der Waals surface area contributed by atoms with Crippen molar-refractivity contribution < 1.29 is 4.42 Å². The maximum atomic E-state index is 6.25. The van der Waals surface area contributed by atoms with Gasteiger partial charge in [-0.3, -0.25) is 0 Å². The normalized spacial score (nSPS) is 13.5. The van der Waals surface area contributed by atoms with E-state index in [2.05, 4.69) is 45.0 Å². The van der Waals surface area contributed by atoms with Crippen molar-refractivity contribution >= 4 is 22.6 Å². The highest BCUT2D eigenvalue weighted by atomic mass is 35.5. The quantitative estimate of drug-likeness (QED) is 0.701. The van der Waals surface area contributed by atoms with Gasteiger partial charge in [0.2, 0.25) is 0 Å². The molecule has 17 heavy (non-hydrogen) atoms. The summed E-state index contributed by atoms with van der Waals surface area (Å²) >= 11 is 6.25. The van der Waals surface area contributed by atoms with Gasteiger partial charge >= 0.3 is 0 Å². The molecule has 2 aromatic rings. The van der Waals surface area contributed by atoms with Crippen LogP contribution in [0.15, 0.2) is 28.7 Å². The number of alkyl halides is 1. The van der Waals surface area contributed by atoms with Crippen LogP contribution < -0.4 is 0 Å². The summed E-state index contributed by atoms with van der Waals surface area (Å²) in [5.41, 5.74) is 2.21. The van der Waals surface area contributed by atoms with E-state index in [0.717, 1.165) is 24.2 Å². The molecule has 1 unspecified atom stereocenters. The molecular weight excluding hydrogens is 232 g/mol. The van der Waals surface area contributed by atoms with Crippen LogP contribution >= 0.6 is 11.6 Å². The number of rotatable bonds is 4. The summed E-state index contributed by atoms with van der Waals surface area (Å²) in [6.07, 6.45) is 1.89. The molecule has 0 bridgehead atoms. The Bertz CT molecular complexity index is 499. The minimum Gasteiger partial charge on any atom is -0.461 e. The first-order chi connectivity index (χ1) is 8.08. The lowest BCUT2D eigenvalue weighted by atomic mass is 10.0. The summed E-state index contributed by atoms with van der Waals surface area (Å²) < 4.78 is 5.87. The summed E-state index contributed by atoms with van der Waals surface area (Å²) in [7, 11) is 0. The van der Waals surface area contributed by atoms with E-state index in [-0.39, 0.29) is 5.38 Å². The van der Waals surface area contributed by atoms with Gasteiger partial charge in [-0.15, -0.1) is 11.6 Å². The number of hydrogen-bond acceptors (Lipinski definition) is 1. The predicted octanol–water partition coefficient (Wildman–Crippen LogP) is 4.94. The van der Waals surface area contributed by atoms with Crippen LogP contribution in [0.5, 0.6) is 0 Å². The zero-order valence-electron chi connectivity index (χ0n) is 10.7. The van der Waals surface area contributed by atoms with Crippen LogP contribution in [-0.4, -0.2) is 5.38 Å². The highest BCUT2D eigenvalue weighted by Crippen LogP contribution is 2.24. The highest BCUT2D eigenvalue weighted by molar-refractivity contribution is 6.20. The van der Waals surface area contributed by atoms with Crippen LogP contribution in [0, 0.1) is 12.8 Å². The third-order valence-electron chi connectivity index (χ3n) is 3.18. The molecule has 0 saturated heterocycles. The van der Waals surface area contributed by atoms with Crippen molar-refractivity contribution in [3.05, 3.63) is 35.6 Å². The lowest BCUT2D eigenvalue weighted by Crippen LogP contribution is -2.08. The number of hydrogen-bond donors (Lipinski definition) is 0. The summed E-state index contributed by atoms with van der Waals surface area (Å²) in [5.74, 6) is 1.56. The van der Waals surface area contributed by atoms with Crippen molar-refractivity contribution in [1.82, 2.24) is 0 Å². The molecular formula is C15H19ClO. The molecule has 0 aliphatic carbocycles. The number of fused-ring (bicyclic) bond motifs is 1. The van der Waals surface area contributed by atoms with Crippen LogP contribution in [0.4, 0.5) is 0 Å². The van der Waals surface area contributed by atoms with Gasteiger partial charge in [0.15, 0.2) is 0 Å². The van der Waals surface area contributed by atoms with Gasteiger partial charge in [-0.2, -0.15) is 0 Å². The molecule has 0 amide bonds. The maximum Gasteiger partial charge on any atom is 0.137 e. The first kappa shape index (κ1) is 12.5. The first-order valence-electron chi connectivity index (χ1n) is 6.20. The molecule has 0 fully saturated rings. The minimum absolute atomic E-state index is 0.226. The number of aryl methyl sites for hydroxylation is 2. The first-order valence-corrected chi connectivity index (χ1v) is 6.63. The predicted molar refractivity (Wildman–Crippen MR) is 73.8 cm³/mol. The Morgan fingerprint density at radius 3 is 2.71 bits per heavy atom. The smallest absolute Gasteiger partial charge is 0.137 e. The molecule has 1 aromatic heterocycles. The Hall–Kier alpha value is -0.950. The Balaban J connectivity index is 2.12. The van der Waals surface area contributed by atoms with E-state index in [1.165, 1.54) is 10.9 Å². The number of halogens is 1. The van der Waals surface area contributed by atoms with E-state index in [9.17, 15) is 0 Å². The van der Waals surface area contributed by atoms with E-state index in [1.807, 2.05) is 0 Å². The molecule has 1 aromatic carbocycles. The molecule has 0 aliphatic rings. The topological polar surface area (TPSA) is 13.1 Å². The molecule has 0 radical (unpaired) electrons. The standard InChI is InChI=1S/C15H19ClO/c1-10(2)14(16)8-7-13-9-12-6-4-5-11(3)15(12)17-13/h4-6,9-10,14H,7-8H2,1-3H3. The average molecular weight is 251 g/mol. The molecule has 0 saturated carbocycles. The molecule has 0 N–H and O–H groups in total. The van der Waals surface area contributed by atoms with Gasteiger partial charge < -0.3 is 4.42 Å². The molecule has 1 atom stereocenters. The van der Waals surface area contributed by atoms with Gasteiger partial charge in [-0.05, 0) is 30.9 Å². The van der Waals surface area contributed by atoms with Gasteiger partial charge in [0.25, 0.3) is 0 Å². The Morgan fingerprint density at radius 1 is 1.29 bits per heavy atom. The van der Waals surface area contributed by atoms with Crippen molar-refractivity contribution in [2.45, 2.75) is 39.0 Å². The van der Waals surface area contributed by atoms with E-state index >= 15 is 0 Å². The van der Waals surface area contributed by atoms with Crippen LogP contribution in [-0.2, 0) is 6.42 Å². The second-order valence-corrected chi connectivity index (χ2v) is 5.57. The minimum atomic E-state index is 0.226. The number of furan rings is 1. The van der Waals surface area contributed by atoms with E-state index in [1.54, 1.807) is 0 Å². The number of para-hydroxylation sites is 1. The molecule has 1 nitrogen and oxygen atoms in total. The summed E-state index contributed by atoms with van der Waals surface area (Å²) in [6, 6.07) is 8.37. The molecule has 0 aliphatic heterocycles. The third-order valence-corrected chi connectivity index (χ3v) is 3.90. The van der Waals surface area contributed by atoms with Crippen LogP contribution in [0.3, 0.4) is 0 Å². The second-order valence-electron chi connectivity index (χ2n) is 5.00.